The molecule has 86 valence electrons. The van der Waals surface area contributed by atoms with E-state index in [2.05, 4.69) is 12.6 Å². The molecule has 2 aromatic carbocycles. The topological polar surface area (TPSA) is 0 Å². The van der Waals surface area contributed by atoms with Crippen LogP contribution in [0.3, 0.4) is 0 Å². The van der Waals surface area contributed by atoms with E-state index in [1.807, 2.05) is 30.3 Å². The summed E-state index contributed by atoms with van der Waals surface area (Å²) in [6.07, 6.45) is 0.661. The maximum atomic E-state index is 13.2. The molecule has 0 aliphatic carbocycles. The van der Waals surface area contributed by atoms with Crippen molar-refractivity contribution in [2.75, 3.05) is 0 Å². The summed E-state index contributed by atoms with van der Waals surface area (Å²) in [5.41, 5.74) is 2.83. The highest BCUT2D eigenvalue weighted by atomic mass is 32.1. The molecule has 0 N–H and O–H groups in total. The van der Waals surface area contributed by atoms with Gasteiger partial charge in [0.05, 0.1) is 4.20 Å². The van der Waals surface area contributed by atoms with Crippen LogP contribution in [0.15, 0.2) is 48.5 Å². The molecule has 0 spiro atoms. The van der Waals surface area contributed by atoms with E-state index in [1.54, 1.807) is 6.07 Å². The summed E-state index contributed by atoms with van der Waals surface area (Å²) in [6.45, 7) is 0. The molecular weight excluding hydrogens is 251 g/mol. The lowest BCUT2D eigenvalue weighted by molar-refractivity contribution is 0.626. The number of benzene rings is 2. The van der Waals surface area contributed by atoms with Crippen molar-refractivity contribution in [3.05, 3.63) is 71.0 Å². The van der Waals surface area contributed by atoms with Gasteiger partial charge in [0.25, 0.3) is 0 Å². The lowest BCUT2D eigenvalue weighted by Gasteiger charge is -2.08. The standard InChI is InChI=1S/C14H11FS2/c15-12-6-7-13(14(16)17)11(9-12)8-10-4-2-1-3-5-10/h1-7,9H,8H2,(H,16,17). The molecule has 0 atom stereocenters. The number of rotatable bonds is 3. The van der Waals surface area contributed by atoms with Crippen molar-refractivity contribution < 1.29 is 4.39 Å². The molecule has 0 saturated carbocycles. The number of hydrogen-bond donors (Lipinski definition) is 1. The van der Waals surface area contributed by atoms with Gasteiger partial charge in [0, 0.05) is 5.56 Å². The second-order valence-electron chi connectivity index (χ2n) is 3.77. The van der Waals surface area contributed by atoms with Gasteiger partial charge >= 0.3 is 0 Å². The minimum Gasteiger partial charge on any atom is -0.207 e. The molecule has 0 aromatic heterocycles. The molecule has 0 amide bonds. The van der Waals surface area contributed by atoms with E-state index in [9.17, 15) is 4.39 Å². The first-order valence-corrected chi connectivity index (χ1v) is 6.08. The third-order valence-corrected chi connectivity index (χ3v) is 3.00. The number of thiocarbonyl (C=S) groups is 1. The summed E-state index contributed by atoms with van der Waals surface area (Å²) >= 11 is 9.22. The summed E-state index contributed by atoms with van der Waals surface area (Å²) < 4.78 is 13.7. The Morgan fingerprint density at radius 2 is 1.82 bits per heavy atom. The summed E-state index contributed by atoms with van der Waals surface area (Å²) in [6, 6.07) is 14.5. The molecule has 0 heterocycles. The van der Waals surface area contributed by atoms with E-state index in [1.165, 1.54) is 12.1 Å². The highest BCUT2D eigenvalue weighted by molar-refractivity contribution is 8.11. The molecular formula is C14H11FS2. The van der Waals surface area contributed by atoms with Crippen LogP contribution in [-0.4, -0.2) is 4.20 Å². The van der Waals surface area contributed by atoms with E-state index in [-0.39, 0.29) is 5.82 Å². The Kier molecular flexibility index (Phi) is 3.92. The Morgan fingerprint density at radius 3 is 2.47 bits per heavy atom. The van der Waals surface area contributed by atoms with Crippen LogP contribution >= 0.6 is 24.8 Å². The smallest absolute Gasteiger partial charge is 0.123 e. The van der Waals surface area contributed by atoms with Gasteiger partial charge in [-0.2, -0.15) is 0 Å². The highest BCUT2D eigenvalue weighted by Crippen LogP contribution is 2.18. The van der Waals surface area contributed by atoms with Crippen LogP contribution in [0.5, 0.6) is 0 Å². The average Bonchev–Trinajstić information content (AvgIpc) is 2.30. The van der Waals surface area contributed by atoms with Gasteiger partial charge in [-0.25, -0.2) is 4.39 Å². The van der Waals surface area contributed by atoms with Gasteiger partial charge in [0.15, 0.2) is 0 Å². The summed E-state index contributed by atoms with van der Waals surface area (Å²) in [7, 11) is 0. The normalized spacial score (nSPS) is 10.2. The van der Waals surface area contributed by atoms with Gasteiger partial charge in [0.2, 0.25) is 0 Å². The monoisotopic (exact) mass is 262 g/mol. The summed E-state index contributed by atoms with van der Waals surface area (Å²) in [5.74, 6) is -0.246. The lowest BCUT2D eigenvalue weighted by Crippen LogP contribution is -1.99. The van der Waals surface area contributed by atoms with Crippen molar-refractivity contribution >= 4 is 29.0 Å². The number of hydrogen-bond acceptors (Lipinski definition) is 1. The fraction of sp³-hybridized carbons (Fsp3) is 0.0714. The van der Waals surface area contributed by atoms with Crippen molar-refractivity contribution in [3.63, 3.8) is 0 Å². The molecule has 0 fully saturated rings. The zero-order valence-electron chi connectivity index (χ0n) is 9.06. The van der Waals surface area contributed by atoms with Crippen LogP contribution < -0.4 is 0 Å². The molecule has 2 rings (SSSR count). The predicted octanol–water partition coefficient (Wildman–Crippen LogP) is 4.02. The Hall–Kier alpha value is -1.19. The molecule has 0 bridgehead atoms. The van der Waals surface area contributed by atoms with Crippen LogP contribution in [0.2, 0.25) is 0 Å². The van der Waals surface area contributed by atoms with Gasteiger partial charge in [-0.3, -0.25) is 0 Å². The summed E-state index contributed by atoms with van der Waals surface area (Å²) in [5, 5.41) is 0. The molecule has 0 nitrogen and oxygen atoms in total. The maximum absolute atomic E-state index is 13.2. The van der Waals surface area contributed by atoms with Crippen molar-refractivity contribution in [1.82, 2.24) is 0 Å². The minimum absolute atomic E-state index is 0.246. The largest absolute Gasteiger partial charge is 0.207 e. The van der Waals surface area contributed by atoms with Gasteiger partial charge in [-0.05, 0) is 35.7 Å². The van der Waals surface area contributed by atoms with Crippen LogP contribution in [0.1, 0.15) is 16.7 Å². The van der Waals surface area contributed by atoms with Crippen molar-refractivity contribution in [2.24, 2.45) is 0 Å². The Labute approximate surface area is 111 Å². The molecule has 0 radical (unpaired) electrons. The fourth-order valence-corrected chi connectivity index (χ4v) is 2.15. The van der Waals surface area contributed by atoms with Crippen LogP contribution in [0, 0.1) is 5.82 Å². The molecule has 0 aliphatic rings. The highest BCUT2D eigenvalue weighted by Gasteiger charge is 2.07. The second kappa shape index (κ2) is 5.43. The maximum Gasteiger partial charge on any atom is 0.123 e. The van der Waals surface area contributed by atoms with Crippen molar-refractivity contribution in [2.45, 2.75) is 6.42 Å². The average molecular weight is 262 g/mol. The SMILES string of the molecule is Fc1ccc(C(=S)S)c(Cc2ccccc2)c1. The number of thiol groups is 1. The van der Waals surface area contributed by atoms with Crippen molar-refractivity contribution in [3.8, 4) is 0 Å². The van der Waals surface area contributed by atoms with Crippen molar-refractivity contribution in [1.29, 1.82) is 0 Å². The van der Waals surface area contributed by atoms with Gasteiger partial charge in [-0.1, -0.05) is 42.5 Å². The zero-order chi connectivity index (χ0) is 12.3. The Morgan fingerprint density at radius 1 is 1.12 bits per heavy atom. The van der Waals surface area contributed by atoms with E-state index >= 15 is 0 Å². The first-order valence-electron chi connectivity index (χ1n) is 5.22. The quantitative estimate of drug-likeness (QED) is 0.644. The third kappa shape index (κ3) is 3.14. The number of halogens is 1. The fourth-order valence-electron chi connectivity index (χ4n) is 1.73. The van der Waals surface area contributed by atoms with E-state index in [4.69, 9.17) is 12.2 Å². The van der Waals surface area contributed by atoms with E-state index in [0.717, 1.165) is 16.7 Å². The van der Waals surface area contributed by atoms with E-state index < -0.39 is 0 Å². The lowest BCUT2D eigenvalue weighted by atomic mass is 10.0. The van der Waals surface area contributed by atoms with Crippen LogP contribution in [-0.2, 0) is 6.42 Å². The first kappa shape index (κ1) is 12.3. The van der Waals surface area contributed by atoms with Crippen LogP contribution in [0.4, 0.5) is 4.39 Å². The first-order chi connectivity index (χ1) is 8.16. The third-order valence-electron chi connectivity index (χ3n) is 2.54. The molecule has 17 heavy (non-hydrogen) atoms. The molecule has 0 aliphatic heterocycles. The van der Waals surface area contributed by atoms with E-state index in [0.29, 0.717) is 10.6 Å². The Bertz CT molecular complexity index is 535. The van der Waals surface area contributed by atoms with Gasteiger partial charge in [0.1, 0.15) is 5.82 Å². The van der Waals surface area contributed by atoms with Gasteiger partial charge in [-0.15, -0.1) is 12.6 Å². The van der Waals surface area contributed by atoms with Gasteiger partial charge < -0.3 is 0 Å². The second-order valence-corrected chi connectivity index (χ2v) is 4.93. The Balaban J connectivity index is 2.37. The minimum atomic E-state index is -0.246. The predicted molar refractivity (Wildman–Crippen MR) is 76.3 cm³/mol. The molecule has 0 saturated heterocycles. The summed E-state index contributed by atoms with van der Waals surface area (Å²) in [4.78, 5) is 0. The molecule has 0 unspecified atom stereocenters. The molecule has 3 heteroatoms. The molecule has 2 aromatic rings. The zero-order valence-corrected chi connectivity index (χ0v) is 10.8. The van der Waals surface area contributed by atoms with Crippen LogP contribution in [0.25, 0.3) is 0 Å².